The van der Waals surface area contributed by atoms with E-state index in [1.165, 1.54) is 6.21 Å². The fourth-order valence-corrected chi connectivity index (χ4v) is 1.35. The van der Waals surface area contributed by atoms with Crippen molar-refractivity contribution >= 4 is 12.1 Å². The second kappa shape index (κ2) is 5.01. The van der Waals surface area contributed by atoms with Crippen molar-refractivity contribution in [3.63, 3.8) is 0 Å². The second-order valence-corrected chi connectivity index (χ2v) is 3.49. The van der Waals surface area contributed by atoms with Crippen LogP contribution < -0.4 is 5.43 Å². The van der Waals surface area contributed by atoms with Crippen molar-refractivity contribution in [2.45, 2.75) is 6.92 Å². The maximum atomic E-state index is 9.26. The largest absolute Gasteiger partial charge is 0.508 e. The maximum absolute atomic E-state index is 9.26. The molecule has 2 aromatic rings. The van der Waals surface area contributed by atoms with Gasteiger partial charge in [-0.05, 0) is 17.7 Å². The summed E-state index contributed by atoms with van der Waals surface area (Å²) in [7, 11) is 0. The van der Waals surface area contributed by atoms with Crippen LogP contribution in [-0.4, -0.2) is 16.3 Å². The Morgan fingerprint density at radius 1 is 1.56 bits per heavy atom. The first-order valence-corrected chi connectivity index (χ1v) is 5.14. The predicted molar refractivity (Wildman–Crippen MR) is 65.3 cm³/mol. The van der Waals surface area contributed by atoms with Crippen LogP contribution in [0.15, 0.2) is 33.8 Å². The third-order valence-electron chi connectivity index (χ3n) is 2.09. The molecule has 0 aliphatic heterocycles. The molecule has 1 heterocycles. The molecule has 6 heteroatoms. The normalized spacial score (nSPS) is 10.4. The van der Waals surface area contributed by atoms with E-state index in [0.717, 1.165) is 5.56 Å². The molecule has 2 rings (SSSR count). The number of phenolic OH excluding ortho intramolecular Hbond substituents is 1. The quantitative estimate of drug-likeness (QED) is 0.634. The Kier molecular flexibility index (Phi) is 3.25. The van der Waals surface area contributed by atoms with Crippen molar-refractivity contribution in [1.29, 1.82) is 5.26 Å². The average molecular weight is 242 g/mol. The number of aryl methyl sites for hydroxylation is 1. The number of nitrogens with one attached hydrogen (secondary N) is 1. The number of hydrazone groups is 1. The van der Waals surface area contributed by atoms with Crippen LogP contribution in [0.2, 0.25) is 0 Å². The molecule has 0 spiro atoms. The Hall–Kier alpha value is -2.81. The lowest BCUT2D eigenvalue weighted by Gasteiger charge is -1.95. The van der Waals surface area contributed by atoms with E-state index in [-0.39, 0.29) is 17.3 Å². The number of benzene rings is 1. The standard InChI is InChI=1S/C12H10N4O2/c1-8-15-11(6-13)12(18-8)16-14-7-9-3-2-4-10(17)5-9/h2-5,7,16-17H,1H3. The molecule has 1 aromatic carbocycles. The lowest BCUT2D eigenvalue weighted by Crippen LogP contribution is -1.91. The topological polar surface area (TPSA) is 94.4 Å². The van der Waals surface area contributed by atoms with Crippen molar-refractivity contribution in [3.8, 4) is 11.8 Å². The van der Waals surface area contributed by atoms with E-state index in [2.05, 4.69) is 15.5 Å². The van der Waals surface area contributed by atoms with Crippen LogP contribution >= 0.6 is 0 Å². The number of aromatic hydroxyl groups is 1. The number of hydrogen-bond acceptors (Lipinski definition) is 6. The average Bonchev–Trinajstić information content (AvgIpc) is 2.70. The van der Waals surface area contributed by atoms with Gasteiger partial charge in [0.1, 0.15) is 11.8 Å². The highest BCUT2D eigenvalue weighted by molar-refractivity contribution is 5.80. The molecule has 0 saturated carbocycles. The van der Waals surface area contributed by atoms with Crippen molar-refractivity contribution in [2.75, 3.05) is 5.43 Å². The van der Waals surface area contributed by atoms with Gasteiger partial charge in [0.05, 0.1) is 6.21 Å². The second-order valence-electron chi connectivity index (χ2n) is 3.49. The van der Waals surface area contributed by atoms with Gasteiger partial charge in [0.25, 0.3) is 5.88 Å². The zero-order valence-electron chi connectivity index (χ0n) is 9.58. The molecule has 18 heavy (non-hydrogen) atoms. The van der Waals surface area contributed by atoms with E-state index < -0.39 is 0 Å². The maximum Gasteiger partial charge on any atom is 0.252 e. The van der Waals surface area contributed by atoms with Crippen LogP contribution in [0.1, 0.15) is 17.1 Å². The number of hydrogen-bond donors (Lipinski definition) is 2. The smallest absolute Gasteiger partial charge is 0.252 e. The summed E-state index contributed by atoms with van der Waals surface area (Å²) in [6.45, 7) is 1.64. The Balaban J connectivity index is 2.10. The van der Waals surface area contributed by atoms with Gasteiger partial charge >= 0.3 is 0 Å². The summed E-state index contributed by atoms with van der Waals surface area (Å²) in [5, 5.41) is 22.0. The predicted octanol–water partition coefficient (Wildman–Crippen LogP) is 2.01. The van der Waals surface area contributed by atoms with Crippen LogP contribution in [-0.2, 0) is 0 Å². The number of rotatable bonds is 3. The third-order valence-corrected chi connectivity index (χ3v) is 2.09. The summed E-state index contributed by atoms with van der Waals surface area (Å²) < 4.78 is 5.16. The number of phenols is 1. The van der Waals surface area contributed by atoms with Gasteiger partial charge in [-0.3, -0.25) is 0 Å². The number of aromatic nitrogens is 1. The highest BCUT2D eigenvalue weighted by Gasteiger charge is 2.08. The minimum absolute atomic E-state index is 0.153. The molecule has 90 valence electrons. The molecule has 0 aliphatic rings. The highest BCUT2D eigenvalue weighted by atomic mass is 16.4. The van der Waals surface area contributed by atoms with Crippen LogP contribution in [0.25, 0.3) is 0 Å². The summed E-state index contributed by atoms with van der Waals surface area (Å²) >= 11 is 0. The minimum Gasteiger partial charge on any atom is -0.508 e. The summed E-state index contributed by atoms with van der Waals surface area (Å²) in [4.78, 5) is 3.86. The minimum atomic E-state index is 0.153. The van der Waals surface area contributed by atoms with Gasteiger partial charge in [0.15, 0.2) is 5.89 Å². The monoisotopic (exact) mass is 242 g/mol. The first-order valence-electron chi connectivity index (χ1n) is 5.14. The van der Waals surface area contributed by atoms with Crippen molar-refractivity contribution in [1.82, 2.24) is 4.98 Å². The lowest BCUT2D eigenvalue weighted by atomic mass is 10.2. The van der Waals surface area contributed by atoms with Crippen molar-refractivity contribution in [2.24, 2.45) is 5.10 Å². The SMILES string of the molecule is Cc1nc(C#N)c(NN=Cc2cccc(O)c2)o1. The Morgan fingerprint density at radius 3 is 3.11 bits per heavy atom. The summed E-state index contributed by atoms with van der Waals surface area (Å²) in [5.74, 6) is 0.750. The molecule has 0 bridgehead atoms. The van der Waals surface area contributed by atoms with Gasteiger partial charge in [0, 0.05) is 6.92 Å². The molecule has 0 radical (unpaired) electrons. The lowest BCUT2D eigenvalue weighted by molar-refractivity contribution is 0.475. The third kappa shape index (κ3) is 2.65. The fourth-order valence-electron chi connectivity index (χ4n) is 1.35. The number of nitrogens with zero attached hydrogens (tertiary/aromatic N) is 3. The summed E-state index contributed by atoms with van der Waals surface area (Å²) in [6, 6.07) is 8.50. The first-order chi connectivity index (χ1) is 8.69. The van der Waals surface area contributed by atoms with Gasteiger partial charge in [-0.25, -0.2) is 10.4 Å². The summed E-state index contributed by atoms with van der Waals surface area (Å²) in [5.41, 5.74) is 3.46. The molecular formula is C12H10N4O2. The first kappa shape index (κ1) is 11.7. The van der Waals surface area contributed by atoms with Crippen LogP contribution in [0.5, 0.6) is 5.75 Å². The Morgan fingerprint density at radius 2 is 2.39 bits per heavy atom. The van der Waals surface area contributed by atoms with Crippen LogP contribution in [0, 0.1) is 18.3 Å². The zero-order chi connectivity index (χ0) is 13.0. The van der Waals surface area contributed by atoms with Gasteiger partial charge in [-0.2, -0.15) is 10.4 Å². The van der Waals surface area contributed by atoms with E-state index in [9.17, 15) is 5.11 Å². The molecule has 1 aromatic heterocycles. The van der Waals surface area contributed by atoms with Crippen molar-refractivity contribution < 1.29 is 9.52 Å². The number of nitriles is 1. The molecule has 0 fully saturated rings. The molecular weight excluding hydrogens is 232 g/mol. The molecule has 0 unspecified atom stereocenters. The Labute approximate surface area is 103 Å². The molecule has 0 aliphatic carbocycles. The van der Waals surface area contributed by atoms with Gasteiger partial charge in [0.2, 0.25) is 5.69 Å². The summed E-state index contributed by atoms with van der Waals surface area (Å²) in [6.07, 6.45) is 1.50. The van der Waals surface area contributed by atoms with E-state index in [0.29, 0.717) is 5.89 Å². The molecule has 2 N–H and O–H groups in total. The zero-order valence-corrected chi connectivity index (χ0v) is 9.58. The van der Waals surface area contributed by atoms with E-state index in [4.69, 9.17) is 9.68 Å². The van der Waals surface area contributed by atoms with Crippen LogP contribution in [0.4, 0.5) is 5.88 Å². The van der Waals surface area contributed by atoms with Gasteiger partial charge in [-0.1, -0.05) is 12.1 Å². The molecule has 0 saturated heterocycles. The molecule has 6 nitrogen and oxygen atoms in total. The van der Waals surface area contributed by atoms with E-state index >= 15 is 0 Å². The van der Waals surface area contributed by atoms with Gasteiger partial charge < -0.3 is 9.52 Å². The van der Waals surface area contributed by atoms with E-state index in [1.54, 1.807) is 31.2 Å². The fraction of sp³-hybridized carbons (Fsp3) is 0.0833. The Bertz CT molecular complexity index is 625. The number of anilines is 1. The van der Waals surface area contributed by atoms with E-state index in [1.807, 2.05) is 6.07 Å². The molecule has 0 atom stereocenters. The van der Waals surface area contributed by atoms with Crippen LogP contribution in [0.3, 0.4) is 0 Å². The van der Waals surface area contributed by atoms with Gasteiger partial charge in [-0.15, -0.1) is 0 Å². The highest BCUT2D eigenvalue weighted by Crippen LogP contribution is 2.15. The molecule has 0 amide bonds. The van der Waals surface area contributed by atoms with Crippen molar-refractivity contribution in [3.05, 3.63) is 41.4 Å². The number of oxazole rings is 1.